The summed E-state index contributed by atoms with van der Waals surface area (Å²) < 4.78 is 5.19. The van der Waals surface area contributed by atoms with Crippen LogP contribution in [0.5, 0.6) is 0 Å². The molecule has 0 aliphatic carbocycles. The van der Waals surface area contributed by atoms with Crippen LogP contribution in [0, 0.1) is 12.8 Å². The summed E-state index contributed by atoms with van der Waals surface area (Å²) in [6, 6.07) is 1.61. The van der Waals surface area contributed by atoms with Crippen LogP contribution < -0.4 is 5.32 Å². The molecule has 1 fully saturated rings. The molecule has 0 saturated carbocycles. The summed E-state index contributed by atoms with van der Waals surface area (Å²) in [5, 5.41) is 12.3. The second-order valence-electron chi connectivity index (χ2n) is 5.74. The summed E-state index contributed by atoms with van der Waals surface area (Å²) >= 11 is 0. The van der Waals surface area contributed by atoms with Gasteiger partial charge in [0, 0.05) is 18.7 Å². The molecule has 0 bridgehead atoms. The monoisotopic (exact) mass is 280 g/mol. The molecule has 0 aromatic carbocycles. The minimum absolute atomic E-state index is 0.0180. The summed E-state index contributed by atoms with van der Waals surface area (Å²) in [7, 11) is 0. The van der Waals surface area contributed by atoms with E-state index in [2.05, 4.69) is 17.1 Å². The fourth-order valence-corrected chi connectivity index (χ4v) is 2.72. The van der Waals surface area contributed by atoms with Gasteiger partial charge >= 0.3 is 5.97 Å². The van der Waals surface area contributed by atoms with E-state index in [1.807, 2.05) is 0 Å². The predicted molar refractivity (Wildman–Crippen MR) is 76.9 cm³/mol. The maximum absolute atomic E-state index is 10.8. The minimum Gasteiger partial charge on any atom is -0.475 e. The van der Waals surface area contributed by atoms with E-state index >= 15 is 0 Å². The van der Waals surface area contributed by atoms with Gasteiger partial charge in [-0.25, -0.2) is 4.79 Å². The van der Waals surface area contributed by atoms with E-state index in [-0.39, 0.29) is 5.76 Å². The third kappa shape index (κ3) is 4.08. The molecule has 2 N–H and O–H groups in total. The van der Waals surface area contributed by atoms with Gasteiger partial charge in [-0.2, -0.15) is 0 Å². The number of likely N-dealkylation sites (tertiary alicyclic amines) is 1. The molecule has 1 aromatic heterocycles. The Morgan fingerprint density at radius 2 is 2.20 bits per heavy atom. The lowest BCUT2D eigenvalue weighted by Crippen LogP contribution is -2.31. The zero-order valence-electron chi connectivity index (χ0n) is 12.3. The summed E-state index contributed by atoms with van der Waals surface area (Å²) in [6.45, 7) is 9.24. The molecule has 20 heavy (non-hydrogen) atoms. The van der Waals surface area contributed by atoms with Crippen LogP contribution in [-0.2, 0) is 6.54 Å². The maximum atomic E-state index is 10.8. The van der Waals surface area contributed by atoms with Crippen LogP contribution in [0.4, 0.5) is 0 Å². The first-order chi connectivity index (χ1) is 9.56. The minimum atomic E-state index is -1.01. The van der Waals surface area contributed by atoms with Gasteiger partial charge in [0.2, 0.25) is 5.76 Å². The number of aryl methyl sites for hydroxylation is 1. The van der Waals surface area contributed by atoms with Crippen molar-refractivity contribution in [3.63, 3.8) is 0 Å². The largest absolute Gasteiger partial charge is 0.475 e. The lowest BCUT2D eigenvalue weighted by atomic mass is 10.1. The fraction of sp³-hybridized carbons (Fsp3) is 0.667. The van der Waals surface area contributed by atoms with Crippen LogP contribution in [0.2, 0.25) is 0 Å². The zero-order chi connectivity index (χ0) is 14.5. The van der Waals surface area contributed by atoms with Gasteiger partial charge in [0.1, 0.15) is 5.76 Å². The van der Waals surface area contributed by atoms with E-state index in [0.717, 1.165) is 18.7 Å². The smallest absolute Gasteiger partial charge is 0.371 e. The number of nitrogens with one attached hydrogen (secondary N) is 1. The summed E-state index contributed by atoms with van der Waals surface area (Å²) in [4.78, 5) is 13.3. The molecule has 0 amide bonds. The van der Waals surface area contributed by atoms with Gasteiger partial charge in [-0.3, -0.25) is 0 Å². The highest BCUT2D eigenvalue weighted by molar-refractivity contribution is 5.84. The molecule has 1 saturated heterocycles. The number of aromatic carboxylic acids is 1. The lowest BCUT2D eigenvalue weighted by molar-refractivity contribution is 0.0661. The molecule has 1 aromatic rings. The van der Waals surface area contributed by atoms with E-state index in [0.29, 0.717) is 18.2 Å². The van der Waals surface area contributed by atoms with Crippen molar-refractivity contribution in [2.45, 2.75) is 33.2 Å². The highest BCUT2D eigenvalue weighted by Crippen LogP contribution is 2.15. The lowest BCUT2D eigenvalue weighted by Gasteiger charge is -2.20. The van der Waals surface area contributed by atoms with Crippen LogP contribution in [-0.4, -0.2) is 42.2 Å². The fourth-order valence-electron chi connectivity index (χ4n) is 2.72. The van der Waals surface area contributed by atoms with E-state index < -0.39 is 5.97 Å². The van der Waals surface area contributed by atoms with Crippen molar-refractivity contribution in [2.75, 3.05) is 26.2 Å². The van der Waals surface area contributed by atoms with Gasteiger partial charge in [-0.05, 0) is 51.4 Å². The summed E-state index contributed by atoms with van der Waals surface area (Å²) in [5.74, 6) is 0.285. The molecule has 0 spiro atoms. The third-order valence-electron chi connectivity index (χ3n) is 3.81. The van der Waals surface area contributed by atoms with Crippen molar-refractivity contribution < 1.29 is 14.3 Å². The Morgan fingerprint density at radius 3 is 2.80 bits per heavy atom. The molecule has 112 valence electrons. The highest BCUT2D eigenvalue weighted by atomic mass is 16.4. The van der Waals surface area contributed by atoms with Crippen LogP contribution >= 0.6 is 0 Å². The molecule has 1 unspecified atom stereocenters. The number of furan rings is 1. The van der Waals surface area contributed by atoms with Crippen molar-refractivity contribution >= 4 is 5.97 Å². The molecule has 1 aliphatic rings. The maximum Gasteiger partial charge on any atom is 0.371 e. The molecular weight excluding hydrogens is 256 g/mol. The second-order valence-corrected chi connectivity index (χ2v) is 5.74. The van der Waals surface area contributed by atoms with Gasteiger partial charge < -0.3 is 19.7 Å². The Hall–Kier alpha value is -1.33. The first-order valence-electron chi connectivity index (χ1n) is 7.32. The van der Waals surface area contributed by atoms with E-state index in [4.69, 9.17) is 9.52 Å². The average Bonchev–Trinajstić information content (AvgIpc) is 3.00. The number of hydrogen-bond acceptors (Lipinski definition) is 4. The molecule has 5 nitrogen and oxygen atoms in total. The van der Waals surface area contributed by atoms with E-state index in [1.54, 1.807) is 13.0 Å². The standard InChI is InChI=1S/C15H24N2O3/c1-11(10-17-5-3-4-6-17)8-16-9-13-7-14(15(18)19)20-12(13)2/h7,11,16H,3-6,8-10H2,1-2H3,(H,18,19). The molecule has 2 heterocycles. The Kier molecular flexibility index (Phi) is 5.20. The number of carbonyl (C=O) groups is 1. The first-order valence-corrected chi connectivity index (χ1v) is 7.32. The first kappa shape index (κ1) is 15.1. The molecule has 1 atom stereocenters. The quantitative estimate of drug-likeness (QED) is 0.801. The molecule has 5 heteroatoms. The van der Waals surface area contributed by atoms with Crippen LogP contribution in [0.3, 0.4) is 0 Å². The SMILES string of the molecule is Cc1oc(C(=O)O)cc1CNCC(C)CN1CCCC1. The van der Waals surface area contributed by atoms with Crippen LogP contribution in [0.1, 0.15) is 41.6 Å². The van der Waals surface area contributed by atoms with Gasteiger partial charge in [0.25, 0.3) is 0 Å². The van der Waals surface area contributed by atoms with Gasteiger partial charge in [-0.1, -0.05) is 6.92 Å². The van der Waals surface area contributed by atoms with Gasteiger partial charge in [0.15, 0.2) is 0 Å². The zero-order valence-corrected chi connectivity index (χ0v) is 12.3. The van der Waals surface area contributed by atoms with Gasteiger partial charge in [0.05, 0.1) is 0 Å². The van der Waals surface area contributed by atoms with Crippen molar-refractivity contribution in [3.8, 4) is 0 Å². The van der Waals surface area contributed by atoms with E-state index in [9.17, 15) is 4.79 Å². The normalized spacial score (nSPS) is 17.5. The van der Waals surface area contributed by atoms with Crippen LogP contribution in [0.25, 0.3) is 0 Å². The van der Waals surface area contributed by atoms with Crippen molar-refractivity contribution in [1.82, 2.24) is 10.2 Å². The molecule has 2 rings (SSSR count). The number of nitrogens with zero attached hydrogens (tertiary/aromatic N) is 1. The second kappa shape index (κ2) is 6.90. The Balaban J connectivity index is 1.73. The highest BCUT2D eigenvalue weighted by Gasteiger charge is 2.15. The number of rotatable bonds is 7. The molecular formula is C15H24N2O3. The molecule has 1 aliphatic heterocycles. The van der Waals surface area contributed by atoms with E-state index in [1.165, 1.54) is 25.9 Å². The number of carboxylic acids is 1. The Morgan fingerprint density at radius 1 is 1.50 bits per heavy atom. The summed E-state index contributed by atoms with van der Waals surface area (Å²) in [5.41, 5.74) is 0.927. The van der Waals surface area contributed by atoms with Crippen LogP contribution in [0.15, 0.2) is 10.5 Å². The topological polar surface area (TPSA) is 65.7 Å². The third-order valence-corrected chi connectivity index (χ3v) is 3.81. The van der Waals surface area contributed by atoms with Gasteiger partial charge in [-0.15, -0.1) is 0 Å². The average molecular weight is 280 g/mol. The molecule has 0 radical (unpaired) electrons. The number of carboxylic acid groups (broad SMARTS) is 1. The Labute approximate surface area is 119 Å². The Bertz CT molecular complexity index is 450. The van der Waals surface area contributed by atoms with Crippen molar-refractivity contribution in [2.24, 2.45) is 5.92 Å². The summed E-state index contributed by atoms with van der Waals surface area (Å²) in [6.07, 6.45) is 2.65. The van der Waals surface area contributed by atoms with Crippen molar-refractivity contribution in [3.05, 3.63) is 23.2 Å². The predicted octanol–water partition coefficient (Wildman–Crippen LogP) is 2.11. The van der Waals surface area contributed by atoms with Crippen molar-refractivity contribution in [1.29, 1.82) is 0 Å². The number of hydrogen-bond donors (Lipinski definition) is 2.